The SMILES string of the molecule is CN(C(=O)c1cccc(C#N)c1)c1ccc2c(c1)nc(NC(=O)c1ccc(-c3cnco3)s1)n2CCCN1CCCC1=O. The van der Waals surface area contributed by atoms with Gasteiger partial charge >= 0.3 is 0 Å². The van der Waals surface area contributed by atoms with Crippen LogP contribution in [0.1, 0.15) is 44.9 Å². The Bertz CT molecular complexity index is 1870. The van der Waals surface area contributed by atoms with E-state index in [0.29, 0.717) is 64.8 Å². The van der Waals surface area contributed by atoms with Gasteiger partial charge in [-0.25, -0.2) is 9.97 Å². The minimum absolute atomic E-state index is 0.168. The zero-order valence-electron chi connectivity index (χ0n) is 23.3. The number of imidazole rings is 1. The Hall–Kier alpha value is -5.28. The van der Waals surface area contributed by atoms with Crippen LogP contribution in [-0.4, -0.2) is 57.3 Å². The van der Waals surface area contributed by atoms with Crippen molar-refractivity contribution in [1.29, 1.82) is 5.26 Å². The molecule has 0 aliphatic carbocycles. The third kappa shape index (κ3) is 5.75. The maximum Gasteiger partial charge on any atom is 0.268 e. The Balaban J connectivity index is 1.28. The highest BCUT2D eigenvalue weighted by molar-refractivity contribution is 7.17. The quantitative estimate of drug-likeness (QED) is 0.249. The molecule has 43 heavy (non-hydrogen) atoms. The number of rotatable bonds is 9. The summed E-state index contributed by atoms with van der Waals surface area (Å²) in [6.45, 7) is 1.91. The standard InChI is InChI=1S/C31H27N7O4S/c1-36(30(41)21-6-2-5-20(15-21)17-32)22-8-9-24-23(16-22)34-31(38(24)14-4-13-37-12-3-7-28(37)39)35-29(40)27-11-10-26(43-27)25-18-33-19-42-25/h2,5-6,8-11,15-16,18-19H,3-4,7,12-14H2,1H3,(H,34,35,40). The number of anilines is 2. The first kappa shape index (κ1) is 27.9. The number of oxazole rings is 1. The molecular formula is C31H27N7O4S. The lowest BCUT2D eigenvalue weighted by Gasteiger charge is -2.18. The van der Waals surface area contributed by atoms with Gasteiger partial charge in [0.25, 0.3) is 11.8 Å². The number of thiophene rings is 1. The fourth-order valence-corrected chi connectivity index (χ4v) is 5.99. The van der Waals surface area contributed by atoms with Crippen LogP contribution in [0.25, 0.3) is 21.7 Å². The number of aryl methyl sites for hydroxylation is 1. The van der Waals surface area contributed by atoms with Crippen molar-refractivity contribution in [1.82, 2.24) is 19.4 Å². The summed E-state index contributed by atoms with van der Waals surface area (Å²) in [6, 6.07) is 17.6. The molecule has 0 bridgehead atoms. The maximum atomic E-state index is 13.3. The van der Waals surface area contributed by atoms with E-state index in [4.69, 9.17) is 9.40 Å². The molecule has 0 unspecified atom stereocenters. The molecule has 1 fully saturated rings. The maximum absolute atomic E-state index is 13.3. The molecule has 11 nitrogen and oxygen atoms in total. The summed E-state index contributed by atoms with van der Waals surface area (Å²) >= 11 is 1.28. The number of benzene rings is 2. The smallest absolute Gasteiger partial charge is 0.268 e. The number of hydrogen-bond donors (Lipinski definition) is 1. The first-order chi connectivity index (χ1) is 20.9. The minimum Gasteiger partial charge on any atom is -0.443 e. The van der Waals surface area contributed by atoms with E-state index in [-0.39, 0.29) is 17.7 Å². The first-order valence-electron chi connectivity index (χ1n) is 13.8. The number of fused-ring (bicyclic) bond motifs is 1. The van der Waals surface area contributed by atoms with E-state index in [1.54, 1.807) is 49.6 Å². The van der Waals surface area contributed by atoms with Gasteiger partial charge in [-0.05, 0) is 61.4 Å². The van der Waals surface area contributed by atoms with Gasteiger partial charge in [0.15, 0.2) is 12.2 Å². The highest BCUT2D eigenvalue weighted by Crippen LogP contribution is 2.30. The Kier molecular flexibility index (Phi) is 7.72. The summed E-state index contributed by atoms with van der Waals surface area (Å²) in [5.74, 6) is 0.544. The van der Waals surface area contributed by atoms with Gasteiger partial charge in [-0.2, -0.15) is 5.26 Å². The average Bonchev–Trinajstić information content (AvgIpc) is 3.84. The molecule has 3 aromatic heterocycles. The number of nitriles is 1. The van der Waals surface area contributed by atoms with Crippen LogP contribution in [0.5, 0.6) is 0 Å². The molecule has 1 N–H and O–H groups in total. The molecule has 5 aromatic rings. The Morgan fingerprint density at radius 2 is 2.05 bits per heavy atom. The minimum atomic E-state index is -0.313. The third-order valence-electron chi connectivity index (χ3n) is 7.37. The van der Waals surface area contributed by atoms with Crippen molar-refractivity contribution in [2.45, 2.75) is 25.8 Å². The normalized spacial score (nSPS) is 12.9. The molecule has 4 heterocycles. The largest absolute Gasteiger partial charge is 0.443 e. The molecule has 12 heteroatoms. The van der Waals surface area contributed by atoms with Gasteiger partial charge in [-0.3, -0.25) is 19.7 Å². The molecule has 0 atom stereocenters. The van der Waals surface area contributed by atoms with Crippen LogP contribution < -0.4 is 10.2 Å². The van der Waals surface area contributed by atoms with Gasteiger partial charge in [0.1, 0.15) is 0 Å². The fourth-order valence-electron chi connectivity index (χ4n) is 5.13. The van der Waals surface area contributed by atoms with Crippen LogP contribution >= 0.6 is 11.3 Å². The number of carbonyl (C=O) groups is 3. The molecular weight excluding hydrogens is 566 g/mol. The van der Waals surface area contributed by atoms with Gasteiger partial charge < -0.3 is 18.8 Å². The summed E-state index contributed by atoms with van der Waals surface area (Å²) < 4.78 is 7.28. The van der Waals surface area contributed by atoms with E-state index >= 15 is 0 Å². The summed E-state index contributed by atoms with van der Waals surface area (Å²) in [5, 5.41) is 12.2. The molecule has 3 amide bonds. The van der Waals surface area contributed by atoms with Crippen LogP contribution in [0.15, 0.2) is 71.6 Å². The molecule has 0 saturated carbocycles. The lowest BCUT2D eigenvalue weighted by Crippen LogP contribution is -2.26. The van der Waals surface area contributed by atoms with Crippen LogP contribution in [0.3, 0.4) is 0 Å². The molecule has 2 aromatic carbocycles. The monoisotopic (exact) mass is 593 g/mol. The van der Waals surface area contributed by atoms with E-state index < -0.39 is 0 Å². The predicted molar refractivity (Wildman–Crippen MR) is 162 cm³/mol. The third-order valence-corrected chi connectivity index (χ3v) is 8.47. The number of amides is 3. The van der Waals surface area contributed by atoms with Gasteiger partial charge in [-0.1, -0.05) is 6.07 Å². The summed E-state index contributed by atoms with van der Waals surface area (Å²) in [7, 11) is 1.66. The number of aromatic nitrogens is 3. The molecule has 1 aliphatic heterocycles. The first-order valence-corrected chi connectivity index (χ1v) is 14.6. The zero-order valence-corrected chi connectivity index (χ0v) is 24.1. The van der Waals surface area contributed by atoms with E-state index in [1.165, 1.54) is 22.6 Å². The van der Waals surface area contributed by atoms with E-state index in [9.17, 15) is 19.6 Å². The lowest BCUT2D eigenvalue weighted by molar-refractivity contribution is -0.127. The summed E-state index contributed by atoms with van der Waals surface area (Å²) in [6.07, 6.45) is 5.08. The van der Waals surface area contributed by atoms with Crippen molar-refractivity contribution in [3.05, 3.63) is 83.2 Å². The molecule has 1 saturated heterocycles. The highest BCUT2D eigenvalue weighted by Gasteiger charge is 2.22. The molecule has 0 spiro atoms. The van der Waals surface area contributed by atoms with Crippen molar-refractivity contribution in [3.63, 3.8) is 0 Å². The van der Waals surface area contributed by atoms with Gasteiger partial charge in [-0.15, -0.1) is 11.3 Å². The summed E-state index contributed by atoms with van der Waals surface area (Å²) in [4.78, 5) is 51.9. The van der Waals surface area contributed by atoms with Crippen molar-refractivity contribution in [3.8, 4) is 16.7 Å². The van der Waals surface area contributed by atoms with Crippen LogP contribution in [-0.2, 0) is 11.3 Å². The number of nitrogens with one attached hydrogen (secondary N) is 1. The lowest BCUT2D eigenvalue weighted by atomic mass is 10.1. The van der Waals surface area contributed by atoms with E-state index in [1.807, 2.05) is 27.7 Å². The second-order valence-corrected chi connectivity index (χ2v) is 11.2. The predicted octanol–water partition coefficient (Wildman–Crippen LogP) is 5.17. The fraction of sp³-hybridized carbons (Fsp3) is 0.226. The van der Waals surface area contributed by atoms with Gasteiger partial charge in [0, 0.05) is 44.4 Å². The number of likely N-dealkylation sites (tertiary alicyclic amines) is 1. The van der Waals surface area contributed by atoms with Crippen molar-refractivity contribution < 1.29 is 18.8 Å². The number of nitrogens with zero attached hydrogens (tertiary/aromatic N) is 6. The van der Waals surface area contributed by atoms with Crippen LogP contribution in [0.2, 0.25) is 0 Å². The molecule has 6 rings (SSSR count). The second kappa shape index (κ2) is 11.9. The van der Waals surface area contributed by atoms with Gasteiger partial charge in [0.2, 0.25) is 11.9 Å². The van der Waals surface area contributed by atoms with E-state index in [0.717, 1.165) is 23.4 Å². The highest BCUT2D eigenvalue weighted by atomic mass is 32.1. The van der Waals surface area contributed by atoms with Gasteiger partial charge in [0.05, 0.1) is 38.6 Å². The number of carbonyl (C=O) groups excluding carboxylic acids is 3. The molecule has 1 aliphatic rings. The van der Waals surface area contributed by atoms with Crippen LogP contribution in [0, 0.1) is 11.3 Å². The molecule has 0 radical (unpaired) electrons. The topological polar surface area (TPSA) is 137 Å². The van der Waals surface area contributed by atoms with E-state index in [2.05, 4.69) is 16.4 Å². The average molecular weight is 594 g/mol. The second-order valence-electron chi connectivity index (χ2n) is 10.1. The number of hydrogen-bond acceptors (Lipinski definition) is 8. The Morgan fingerprint density at radius 1 is 1.16 bits per heavy atom. The van der Waals surface area contributed by atoms with Crippen molar-refractivity contribution in [2.24, 2.45) is 0 Å². The zero-order chi connectivity index (χ0) is 29.9. The van der Waals surface area contributed by atoms with Crippen molar-refractivity contribution >= 4 is 51.7 Å². The Morgan fingerprint density at radius 3 is 2.81 bits per heavy atom. The van der Waals surface area contributed by atoms with Crippen molar-refractivity contribution in [2.75, 3.05) is 30.4 Å². The Labute approximate surface area is 251 Å². The molecule has 216 valence electrons. The summed E-state index contributed by atoms with van der Waals surface area (Å²) in [5.41, 5.74) is 2.80. The van der Waals surface area contributed by atoms with Crippen LogP contribution in [0.4, 0.5) is 11.6 Å².